The van der Waals surface area contributed by atoms with E-state index in [1.54, 1.807) is 0 Å². The van der Waals surface area contributed by atoms with E-state index in [1.807, 2.05) is 48.5 Å². The molecule has 1 heterocycles. The molecule has 0 unspecified atom stereocenters. The zero-order valence-electron chi connectivity index (χ0n) is 17.6. The van der Waals surface area contributed by atoms with E-state index in [2.05, 4.69) is 5.32 Å². The predicted octanol–water partition coefficient (Wildman–Crippen LogP) is 4.50. The van der Waals surface area contributed by atoms with E-state index in [0.29, 0.717) is 12.2 Å². The topological polar surface area (TPSA) is 113 Å². The van der Waals surface area contributed by atoms with Crippen molar-refractivity contribution in [3.63, 3.8) is 0 Å². The Bertz CT molecular complexity index is 1210. The lowest BCUT2D eigenvalue weighted by molar-refractivity contribution is -0.383. The molecule has 3 aromatic rings. The molecule has 2 amide bonds. The van der Waals surface area contributed by atoms with E-state index in [9.17, 15) is 24.8 Å². The van der Waals surface area contributed by atoms with E-state index < -0.39 is 4.92 Å². The minimum absolute atomic E-state index is 0.0653. The third-order valence-electron chi connectivity index (χ3n) is 5.29. The first-order valence-electron chi connectivity index (χ1n) is 10.3. The van der Waals surface area contributed by atoms with Gasteiger partial charge in [0.05, 0.1) is 17.2 Å². The molecule has 8 nitrogen and oxygen atoms in total. The maximum absolute atomic E-state index is 12.0. The molecule has 1 aliphatic rings. The van der Waals surface area contributed by atoms with Crippen molar-refractivity contribution in [2.75, 3.05) is 10.2 Å². The van der Waals surface area contributed by atoms with Gasteiger partial charge in [0, 0.05) is 35.2 Å². The summed E-state index contributed by atoms with van der Waals surface area (Å²) in [5.74, 6) is -0.715. The number of amides is 2. The van der Waals surface area contributed by atoms with Crippen LogP contribution in [0.1, 0.15) is 24.0 Å². The van der Waals surface area contributed by atoms with Gasteiger partial charge >= 0.3 is 0 Å². The SMILES string of the molecule is O=C1CCC(=O)N1c1ccc(NCc2ccccc2Sc2ccccc2CO)c([N+](=O)[O-])c1. The summed E-state index contributed by atoms with van der Waals surface area (Å²) in [6.07, 6.45) is 0.223. The standard InChI is InChI=1S/C24H21N3O5S/c28-15-17-6-2-4-8-22(17)33-21-7-3-1-5-16(21)14-25-19-10-9-18(13-20(19)27(31)32)26-23(29)11-12-24(26)30/h1-10,13,25,28H,11-12,14-15H2. The van der Waals surface area contributed by atoms with Gasteiger partial charge in [0.25, 0.3) is 5.69 Å². The molecule has 3 aromatic carbocycles. The van der Waals surface area contributed by atoms with Crippen molar-refractivity contribution < 1.29 is 19.6 Å². The quantitative estimate of drug-likeness (QED) is 0.287. The Morgan fingerprint density at radius 2 is 1.55 bits per heavy atom. The van der Waals surface area contributed by atoms with Gasteiger partial charge in [-0.2, -0.15) is 0 Å². The first kappa shape index (κ1) is 22.5. The molecular weight excluding hydrogens is 442 g/mol. The van der Waals surface area contributed by atoms with Gasteiger partial charge in [0.1, 0.15) is 5.69 Å². The summed E-state index contributed by atoms with van der Waals surface area (Å²) in [7, 11) is 0. The smallest absolute Gasteiger partial charge is 0.294 e. The molecule has 4 rings (SSSR count). The largest absolute Gasteiger partial charge is 0.392 e. The van der Waals surface area contributed by atoms with Gasteiger partial charge in [-0.3, -0.25) is 24.6 Å². The number of nitro groups is 1. The Morgan fingerprint density at radius 3 is 2.18 bits per heavy atom. The normalized spacial score (nSPS) is 13.4. The Morgan fingerprint density at radius 1 is 0.939 bits per heavy atom. The molecule has 168 valence electrons. The van der Waals surface area contributed by atoms with Crippen LogP contribution in [0.15, 0.2) is 76.5 Å². The third-order valence-corrected chi connectivity index (χ3v) is 6.53. The molecular formula is C24H21N3O5S. The third kappa shape index (κ3) is 4.89. The first-order valence-corrected chi connectivity index (χ1v) is 11.1. The molecule has 0 atom stereocenters. The van der Waals surface area contributed by atoms with Crippen LogP contribution >= 0.6 is 11.8 Å². The first-order chi connectivity index (χ1) is 16.0. The molecule has 1 saturated heterocycles. The van der Waals surface area contributed by atoms with Gasteiger partial charge in [0.2, 0.25) is 11.8 Å². The van der Waals surface area contributed by atoms with Crippen LogP contribution in [0.5, 0.6) is 0 Å². The number of aliphatic hydroxyl groups excluding tert-OH is 1. The van der Waals surface area contributed by atoms with Gasteiger partial charge < -0.3 is 10.4 Å². The maximum Gasteiger partial charge on any atom is 0.294 e. The Labute approximate surface area is 194 Å². The van der Waals surface area contributed by atoms with Crippen molar-refractivity contribution in [2.24, 2.45) is 0 Å². The highest BCUT2D eigenvalue weighted by Crippen LogP contribution is 2.35. The zero-order chi connectivity index (χ0) is 23.4. The number of aliphatic hydroxyl groups is 1. The predicted molar refractivity (Wildman–Crippen MR) is 125 cm³/mol. The number of nitrogens with zero attached hydrogens (tertiary/aromatic N) is 2. The van der Waals surface area contributed by atoms with Crippen molar-refractivity contribution in [3.8, 4) is 0 Å². The van der Waals surface area contributed by atoms with Crippen LogP contribution in [0.4, 0.5) is 17.1 Å². The number of nitrogens with one attached hydrogen (secondary N) is 1. The van der Waals surface area contributed by atoms with Crippen molar-refractivity contribution in [2.45, 2.75) is 35.8 Å². The second-order valence-corrected chi connectivity index (χ2v) is 8.49. The average molecular weight is 464 g/mol. The van der Waals surface area contributed by atoms with Crippen LogP contribution in [0.25, 0.3) is 0 Å². The summed E-state index contributed by atoms with van der Waals surface area (Å²) in [5, 5.41) is 24.4. The molecule has 0 saturated carbocycles. The van der Waals surface area contributed by atoms with E-state index >= 15 is 0 Å². The van der Waals surface area contributed by atoms with Gasteiger partial charge in [-0.15, -0.1) is 0 Å². The van der Waals surface area contributed by atoms with E-state index in [-0.39, 0.29) is 42.6 Å². The molecule has 33 heavy (non-hydrogen) atoms. The summed E-state index contributed by atoms with van der Waals surface area (Å²) in [6.45, 7) is 0.260. The monoisotopic (exact) mass is 463 g/mol. The number of hydrogen-bond donors (Lipinski definition) is 2. The number of rotatable bonds is 8. The Balaban J connectivity index is 1.57. The number of benzene rings is 3. The molecule has 9 heteroatoms. The summed E-state index contributed by atoms with van der Waals surface area (Å²) < 4.78 is 0. The lowest BCUT2D eigenvalue weighted by Crippen LogP contribution is -2.28. The highest BCUT2D eigenvalue weighted by molar-refractivity contribution is 7.99. The summed E-state index contributed by atoms with van der Waals surface area (Å²) in [5.41, 5.74) is 2.03. The van der Waals surface area contributed by atoms with Crippen molar-refractivity contribution in [3.05, 3.63) is 88.0 Å². The van der Waals surface area contributed by atoms with Crippen LogP contribution < -0.4 is 10.2 Å². The van der Waals surface area contributed by atoms with Gasteiger partial charge in [-0.05, 0) is 35.4 Å². The van der Waals surface area contributed by atoms with Crippen LogP contribution in [0, 0.1) is 10.1 Å². The zero-order valence-corrected chi connectivity index (χ0v) is 18.4. The Hall–Kier alpha value is -3.69. The molecule has 0 aromatic heterocycles. The lowest BCUT2D eigenvalue weighted by atomic mass is 10.2. The fraction of sp³-hybridized carbons (Fsp3) is 0.167. The molecule has 0 spiro atoms. The molecule has 1 fully saturated rings. The molecule has 2 N–H and O–H groups in total. The van der Waals surface area contributed by atoms with Gasteiger partial charge in [0.15, 0.2) is 0 Å². The molecule has 0 aliphatic carbocycles. The van der Waals surface area contributed by atoms with Crippen LogP contribution in [0.2, 0.25) is 0 Å². The number of hydrogen-bond acceptors (Lipinski definition) is 7. The molecule has 0 bridgehead atoms. The number of carbonyl (C=O) groups is 2. The maximum atomic E-state index is 12.0. The summed E-state index contributed by atoms with van der Waals surface area (Å²) in [6, 6.07) is 19.6. The highest BCUT2D eigenvalue weighted by Gasteiger charge is 2.31. The average Bonchev–Trinajstić information content (AvgIpc) is 3.16. The fourth-order valence-electron chi connectivity index (χ4n) is 3.62. The fourth-order valence-corrected chi connectivity index (χ4v) is 4.68. The number of carbonyl (C=O) groups excluding carboxylic acids is 2. The summed E-state index contributed by atoms with van der Waals surface area (Å²) in [4.78, 5) is 38.0. The number of imide groups is 1. The van der Waals surface area contributed by atoms with Crippen molar-refractivity contribution >= 4 is 40.6 Å². The van der Waals surface area contributed by atoms with Crippen LogP contribution in [-0.4, -0.2) is 21.8 Å². The van der Waals surface area contributed by atoms with Crippen molar-refractivity contribution in [1.82, 2.24) is 0 Å². The number of nitro benzene ring substituents is 1. The van der Waals surface area contributed by atoms with E-state index in [1.165, 1.54) is 30.0 Å². The van der Waals surface area contributed by atoms with E-state index in [4.69, 9.17) is 0 Å². The van der Waals surface area contributed by atoms with Gasteiger partial charge in [-0.1, -0.05) is 48.2 Å². The van der Waals surface area contributed by atoms with E-state index in [0.717, 1.165) is 25.8 Å². The second-order valence-electron chi connectivity index (χ2n) is 7.41. The molecule has 0 radical (unpaired) electrons. The molecule has 1 aliphatic heterocycles. The lowest BCUT2D eigenvalue weighted by Gasteiger charge is -2.16. The van der Waals surface area contributed by atoms with Crippen LogP contribution in [-0.2, 0) is 22.7 Å². The van der Waals surface area contributed by atoms with Crippen molar-refractivity contribution in [1.29, 1.82) is 0 Å². The van der Waals surface area contributed by atoms with Gasteiger partial charge in [-0.25, -0.2) is 0 Å². The minimum atomic E-state index is -0.533. The minimum Gasteiger partial charge on any atom is -0.392 e. The summed E-state index contributed by atoms with van der Waals surface area (Å²) >= 11 is 1.52. The van der Waals surface area contributed by atoms with Crippen LogP contribution in [0.3, 0.4) is 0 Å². The number of anilines is 2. The Kier molecular flexibility index (Phi) is 6.71. The second kappa shape index (κ2) is 9.85. The highest BCUT2D eigenvalue weighted by atomic mass is 32.2.